The van der Waals surface area contributed by atoms with E-state index in [-0.39, 0.29) is 11.5 Å². The van der Waals surface area contributed by atoms with Gasteiger partial charge >= 0.3 is 5.97 Å². The predicted molar refractivity (Wildman–Crippen MR) is 70.0 cm³/mol. The van der Waals surface area contributed by atoms with E-state index < -0.39 is 45.3 Å². The minimum Gasteiger partial charge on any atom is -0.461 e. The van der Waals surface area contributed by atoms with E-state index in [1.807, 2.05) is 0 Å². The van der Waals surface area contributed by atoms with Crippen molar-refractivity contribution < 1.29 is 26.7 Å². The number of hydrogen-bond donors (Lipinski definition) is 1. The number of nitrogens with two attached hydrogens (primary N) is 1. The molecule has 0 atom stereocenters. The normalized spacial score (nSPS) is 11.3. The fraction of sp³-hybridized carbons (Fsp3) is 0.417. The molecule has 0 fully saturated rings. The van der Waals surface area contributed by atoms with Gasteiger partial charge in [-0.3, -0.25) is 0 Å². The van der Waals surface area contributed by atoms with Crippen molar-refractivity contribution >= 4 is 21.5 Å². The van der Waals surface area contributed by atoms with Crippen LogP contribution in [-0.4, -0.2) is 32.5 Å². The molecule has 5 nitrogen and oxygen atoms in total. The highest BCUT2D eigenvalue weighted by Crippen LogP contribution is 2.17. The van der Waals surface area contributed by atoms with Crippen molar-refractivity contribution in [1.29, 1.82) is 0 Å². The van der Waals surface area contributed by atoms with Crippen molar-refractivity contribution in [2.45, 2.75) is 13.3 Å². The Kier molecular flexibility index (Phi) is 5.43. The summed E-state index contributed by atoms with van der Waals surface area (Å²) in [6.45, 7) is 1.32. The number of ether oxygens (including phenoxy) is 1. The molecule has 0 bridgehead atoms. The lowest BCUT2D eigenvalue weighted by Crippen LogP contribution is -2.18. The van der Waals surface area contributed by atoms with Gasteiger partial charge in [0.05, 0.1) is 22.8 Å². The molecule has 1 rings (SSSR count). The molecular formula is C12H15F2NO4S. The summed E-state index contributed by atoms with van der Waals surface area (Å²) in [7, 11) is -3.29. The van der Waals surface area contributed by atoms with Crippen LogP contribution in [0.15, 0.2) is 12.1 Å². The summed E-state index contributed by atoms with van der Waals surface area (Å²) in [6.07, 6.45) is 0.458. The Morgan fingerprint density at radius 3 is 2.50 bits per heavy atom. The second kappa shape index (κ2) is 6.65. The molecule has 0 saturated carbocycles. The molecule has 0 aromatic heterocycles. The van der Waals surface area contributed by atoms with Crippen molar-refractivity contribution in [3.05, 3.63) is 29.3 Å². The fourth-order valence-corrected chi connectivity index (χ4v) is 2.64. The maximum atomic E-state index is 13.3. The van der Waals surface area contributed by atoms with Gasteiger partial charge in [-0.15, -0.1) is 0 Å². The number of rotatable bonds is 6. The number of carbonyl (C=O) groups excluding carboxylic acids is 1. The number of carbonyl (C=O) groups is 1. The molecule has 0 unspecified atom stereocenters. The zero-order valence-corrected chi connectivity index (χ0v) is 11.7. The van der Waals surface area contributed by atoms with Crippen LogP contribution < -0.4 is 5.73 Å². The first-order chi connectivity index (χ1) is 9.26. The first-order valence-corrected chi connectivity index (χ1v) is 7.71. The van der Waals surface area contributed by atoms with E-state index in [4.69, 9.17) is 5.73 Å². The highest BCUT2D eigenvalue weighted by atomic mass is 32.2. The molecule has 2 N–H and O–H groups in total. The van der Waals surface area contributed by atoms with Gasteiger partial charge in [-0.1, -0.05) is 6.92 Å². The summed E-state index contributed by atoms with van der Waals surface area (Å²) in [6, 6.07) is 1.29. The minimum absolute atomic E-state index is 0.0115. The van der Waals surface area contributed by atoms with Gasteiger partial charge in [-0.25, -0.2) is 22.0 Å². The van der Waals surface area contributed by atoms with Gasteiger partial charge < -0.3 is 10.5 Å². The number of benzene rings is 1. The predicted octanol–water partition coefficient (Wildman–Crippen LogP) is 1.53. The van der Waals surface area contributed by atoms with Crippen LogP contribution in [0.4, 0.5) is 14.5 Å². The summed E-state index contributed by atoms with van der Waals surface area (Å²) in [4.78, 5) is 11.5. The minimum atomic E-state index is -3.29. The lowest BCUT2D eigenvalue weighted by molar-refractivity contribution is 0.0524. The van der Waals surface area contributed by atoms with Crippen LogP contribution in [0, 0.1) is 11.6 Å². The molecular weight excluding hydrogens is 292 g/mol. The molecule has 0 aliphatic rings. The summed E-state index contributed by atoms with van der Waals surface area (Å²) < 4.78 is 53.7. The summed E-state index contributed by atoms with van der Waals surface area (Å²) in [5, 5.41) is 0. The molecule has 0 aliphatic heterocycles. The average Bonchev–Trinajstić information content (AvgIpc) is 2.33. The zero-order chi connectivity index (χ0) is 15.3. The maximum absolute atomic E-state index is 13.3. The smallest absolute Gasteiger partial charge is 0.341 e. The molecule has 8 heteroatoms. The first-order valence-electron chi connectivity index (χ1n) is 5.89. The number of hydrogen-bond acceptors (Lipinski definition) is 5. The van der Waals surface area contributed by atoms with Gasteiger partial charge in [0.25, 0.3) is 0 Å². The zero-order valence-electron chi connectivity index (χ0n) is 10.9. The highest BCUT2D eigenvalue weighted by Gasteiger charge is 2.17. The lowest BCUT2D eigenvalue weighted by atomic mass is 10.2. The van der Waals surface area contributed by atoms with Crippen LogP contribution in [0.5, 0.6) is 0 Å². The summed E-state index contributed by atoms with van der Waals surface area (Å²) >= 11 is 0. The lowest BCUT2D eigenvalue weighted by Gasteiger charge is -2.07. The van der Waals surface area contributed by atoms with Crippen LogP contribution in [0.1, 0.15) is 23.7 Å². The molecule has 0 heterocycles. The molecule has 1 aromatic carbocycles. The quantitative estimate of drug-likeness (QED) is 0.636. The summed E-state index contributed by atoms with van der Waals surface area (Å²) in [5.41, 5.74) is 4.30. The van der Waals surface area contributed by atoms with Crippen LogP contribution in [0.25, 0.3) is 0 Å². The van der Waals surface area contributed by atoms with E-state index in [2.05, 4.69) is 4.74 Å². The van der Waals surface area contributed by atoms with E-state index in [0.29, 0.717) is 12.5 Å². The molecule has 0 spiro atoms. The van der Waals surface area contributed by atoms with Gasteiger partial charge in [0.15, 0.2) is 9.84 Å². The third-order valence-electron chi connectivity index (χ3n) is 2.45. The second-order valence-electron chi connectivity index (χ2n) is 4.14. The van der Waals surface area contributed by atoms with E-state index in [0.717, 1.165) is 6.07 Å². The Labute approximate surface area is 115 Å². The van der Waals surface area contributed by atoms with Crippen molar-refractivity contribution in [2.24, 2.45) is 0 Å². The number of anilines is 1. The molecule has 0 radical (unpaired) electrons. The van der Waals surface area contributed by atoms with Crippen molar-refractivity contribution in [3.63, 3.8) is 0 Å². The fourth-order valence-electron chi connectivity index (χ4n) is 1.47. The largest absolute Gasteiger partial charge is 0.461 e. The van der Waals surface area contributed by atoms with Gasteiger partial charge in [0.1, 0.15) is 18.2 Å². The third kappa shape index (κ3) is 4.44. The van der Waals surface area contributed by atoms with Crippen LogP contribution >= 0.6 is 0 Å². The Bertz CT molecular complexity index is 602. The molecule has 0 amide bonds. The van der Waals surface area contributed by atoms with Crippen molar-refractivity contribution in [2.75, 3.05) is 23.8 Å². The van der Waals surface area contributed by atoms with Crippen LogP contribution in [-0.2, 0) is 14.6 Å². The van der Waals surface area contributed by atoms with E-state index in [9.17, 15) is 22.0 Å². The Balaban J connectivity index is 2.67. The number of sulfone groups is 1. The molecule has 1 aromatic rings. The van der Waals surface area contributed by atoms with Gasteiger partial charge in [0.2, 0.25) is 0 Å². The van der Waals surface area contributed by atoms with Crippen LogP contribution in [0.3, 0.4) is 0 Å². The standard InChI is InChI=1S/C12H15F2NO4S/c1-2-4-20(17,18)5-3-19-12(16)8-6-11(15)10(14)7-9(8)13/h6-7H,2-5,15H2,1H3. The maximum Gasteiger partial charge on any atom is 0.341 e. The molecule has 0 aliphatic carbocycles. The van der Waals surface area contributed by atoms with Gasteiger partial charge in [-0.2, -0.15) is 0 Å². The number of halogens is 2. The molecule has 112 valence electrons. The van der Waals surface area contributed by atoms with Gasteiger partial charge in [0, 0.05) is 6.07 Å². The monoisotopic (exact) mass is 307 g/mol. The number of nitrogen functional groups attached to an aromatic ring is 1. The Morgan fingerprint density at radius 2 is 1.90 bits per heavy atom. The van der Waals surface area contributed by atoms with E-state index >= 15 is 0 Å². The van der Waals surface area contributed by atoms with Gasteiger partial charge in [-0.05, 0) is 12.5 Å². The topological polar surface area (TPSA) is 86.5 Å². The van der Waals surface area contributed by atoms with E-state index in [1.165, 1.54) is 0 Å². The second-order valence-corrected chi connectivity index (χ2v) is 6.44. The average molecular weight is 307 g/mol. The molecule has 20 heavy (non-hydrogen) atoms. The van der Waals surface area contributed by atoms with E-state index in [1.54, 1.807) is 6.92 Å². The third-order valence-corrected chi connectivity index (χ3v) is 4.27. The molecule has 0 saturated heterocycles. The first kappa shape index (κ1) is 16.4. The summed E-state index contributed by atoms with van der Waals surface area (Å²) in [5.74, 6) is -3.53. The van der Waals surface area contributed by atoms with Crippen LogP contribution in [0.2, 0.25) is 0 Å². The van der Waals surface area contributed by atoms with Crippen molar-refractivity contribution in [3.8, 4) is 0 Å². The Morgan fingerprint density at radius 1 is 1.25 bits per heavy atom. The highest BCUT2D eigenvalue weighted by molar-refractivity contribution is 7.91. The SMILES string of the molecule is CCCS(=O)(=O)CCOC(=O)c1cc(N)c(F)cc1F. The van der Waals surface area contributed by atoms with Crippen molar-refractivity contribution in [1.82, 2.24) is 0 Å². The Hall–Kier alpha value is -1.70. The number of esters is 1.